The minimum Gasteiger partial charge on any atom is -0.481 e. The predicted molar refractivity (Wildman–Crippen MR) is 52.1 cm³/mol. The number of aliphatic carboxylic acids is 1. The number of benzene rings is 1. The predicted octanol–water partition coefficient (Wildman–Crippen LogP) is 1.92. The lowest BCUT2D eigenvalue weighted by Crippen LogP contribution is -2.01. The molecule has 0 radical (unpaired) electrons. The highest BCUT2D eigenvalue weighted by molar-refractivity contribution is 6.17. The number of hydrogen-bond donors (Lipinski definition) is 1. The lowest BCUT2D eigenvalue weighted by atomic mass is 10.0. The highest BCUT2D eigenvalue weighted by Gasteiger charge is 2.05. The molecule has 4 heteroatoms. The van der Waals surface area contributed by atoms with Gasteiger partial charge in [-0.1, -0.05) is 12.1 Å². The molecule has 1 N–H and O–H groups in total. The van der Waals surface area contributed by atoms with Gasteiger partial charge in [-0.3, -0.25) is 4.79 Å². The van der Waals surface area contributed by atoms with Gasteiger partial charge in [0, 0.05) is 5.88 Å². The van der Waals surface area contributed by atoms with Crippen LogP contribution in [-0.2, 0) is 17.1 Å². The summed E-state index contributed by atoms with van der Waals surface area (Å²) in [6.45, 7) is 0. The molecule has 0 aliphatic heterocycles. The largest absolute Gasteiger partial charge is 0.481 e. The van der Waals surface area contributed by atoms with Crippen molar-refractivity contribution in [2.24, 2.45) is 0 Å². The molecule has 0 atom stereocenters. The highest BCUT2D eigenvalue weighted by atomic mass is 35.5. The average molecular weight is 210 g/mol. The standard InChI is InChI=1S/C10H8ClNO2/c11-5-8-2-1-7(4-10(13)14)3-9(8)6-12/h1-3H,4-5H2,(H,13,14). The molecular formula is C10H8ClNO2. The normalized spacial score (nSPS) is 9.43. The molecule has 0 amide bonds. The summed E-state index contributed by atoms with van der Waals surface area (Å²) in [6, 6.07) is 6.90. The highest BCUT2D eigenvalue weighted by Crippen LogP contribution is 2.13. The van der Waals surface area contributed by atoms with E-state index in [1.807, 2.05) is 6.07 Å². The second kappa shape index (κ2) is 4.64. The molecule has 72 valence electrons. The Morgan fingerprint density at radius 1 is 1.57 bits per heavy atom. The second-order valence-corrected chi connectivity index (χ2v) is 3.07. The maximum Gasteiger partial charge on any atom is 0.307 e. The van der Waals surface area contributed by atoms with E-state index in [-0.39, 0.29) is 12.3 Å². The Labute approximate surface area is 86.5 Å². The first-order valence-electron chi connectivity index (χ1n) is 3.97. The zero-order chi connectivity index (χ0) is 10.6. The Balaban J connectivity index is 3.03. The van der Waals surface area contributed by atoms with Gasteiger partial charge >= 0.3 is 5.97 Å². The third kappa shape index (κ3) is 2.48. The van der Waals surface area contributed by atoms with Crippen molar-refractivity contribution in [3.63, 3.8) is 0 Å². The minimum atomic E-state index is -0.910. The summed E-state index contributed by atoms with van der Waals surface area (Å²) < 4.78 is 0. The summed E-state index contributed by atoms with van der Waals surface area (Å²) in [5.74, 6) is -0.650. The van der Waals surface area contributed by atoms with Gasteiger partial charge in [-0.25, -0.2) is 0 Å². The summed E-state index contributed by atoms with van der Waals surface area (Å²) in [4.78, 5) is 10.4. The number of alkyl halides is 1. The van der Waals surface area contributed by atoms with Gasteiger partial charge in [0.2, 0.25) is 0 Å². The molecule has 14 heavy (non-hydrogen) atoms. The molecule has 0 aliphatic rings. The Hall–Kier alpha value is -1.53. The molecular weight excluding hydrogens is 202 g/mol. The summed E-state index contributed by atoms with van der Waals surface area (Å²) in [7, 11) is 0. The third-order valence-corrected chi connectivity index (χ3v) is 2.08. The molecule has 1 aromatic rings. The molecule has 0 unspecified atom stereocenters. The van der Waals surface area contributed by atoms with Gasteiger partial charge in [0.15, 0.2) is 0 Å². The average Bonchev–Trinajstić information content (AvgIpc) is 2.16. The van der Waals surface area contributed by atoms with Crippen LogP contribution in [0.5, 0.6) is 0 Å². The number of nitrogens with zero attached hydrogens (tertiary/aromatic N) is 1. The maximum absolute atomic E-state index is 10.4. The van der Waals surface area contributed by atoms with E-state index < -0.39 is 5.97 Å². The van der Waals surface area contributed by atoms with E-state index in [9.17, 15) is 4.79 Å². The first-order valence-corrected chi connectivity index (χ1v) is 4.50. The van der Waals surface area contributed by atoms with E-state index in [1.54, 1.807) is 18.2 Å². The van der Waals surface area contributed by atoms with E-state index >= 15 is 0 Å². The van der Waals surface area contributed by atoms with Gasteiger partial charge in [-0.15, -0.1) is 11.6 Å². The Morgan fingerprint density at radius 2 is 2.29 bits per heavy atom. The van der Waals surface area contributed by atoms with Crippen LogP contribution in [0.2, 0.25) is 0 Å². The third-order valence-electron chi connectivity index (χ3n) is 1.79. The van der Waals surface area contributed by atoms with Gasteiger partial charge < -0.3 is 5.11 Å². The van der Waals surface area contributed by atoms with E-state index in [0.29, 0.717) is 11.1 Å². The van der Waals surface area contributed by atoms with Crippen molar-refractivity contribution in [3.8, 4) is 6.07 Å². The van der Waals surface area contributed by atoms with E-state index in [2.05, 4.69) is 0 Å². The Bertz CT molecular complexity index is 396. The van der Waals surface area contributed by atoms with Crippen molar-refractivity contribution in [2.75, 3.05) is 0 Å². The monoisotopic (exact) mass is 209 g/mol. The van der Waals surface area contributed by atoms with Gasteiger partial charge in [0.05, 0.1) is 18.1 Å². The molecule has 3 nitrogen and oxygen atoms in total. The molecule has 1 rings (SSSR count). The van der Waals surface area contributed by atoms with Crippen LogP contribution >= 0.6 is 11.6 Å². The maximum atomic E-state index is 10.4. The van der Waals surface area contributed by atoms with E-state index in [1.165, 1.54) is 0 Å². The van der Waals surface area contributed by atoms with Gasteiger partial charge in [-0.05, 0) is 17.2 Å². The number of rotatable bonds is 3. The van der Waals surface area contributed by atoms with Gasteiger partial charge in [0.25, 0.3) is 0 Å². The van der Waals surface area contributed by atoms with Gasteiger partial charge in [0.1, 0.15) is 0 Å². The summed E-state index contributed by atoms with van der Waals surface area (Å²) in [5, 5.41) is 17.3. The molecule has 0 aliphatic carbocycles. The van der Waals surface area contributed by atoms with Crippen molar-refractivity contribution in [1.29, 1.82) is 5.26 Å². The fraction of sp³-hybridized carbons (Fsp3) is 0.200. The number of carbonyl (C=O) groups is 1. The topological polar surface area (TPSA) is 61.1 Å². The summed E-state index contributed by atoms with van der Waals surface area (Å²) >= 11 is 5.60. The number of halogens is 1. The second-order valence-electron chi connectivity index (χ2n) is 2.81. The number of carboxylic acid groups (broad SMARTS) is 1. The van der Waals surface area contributed by atoms with Crippen molar-refractivity contribution in [3.05, 3.63) is 34.9 Å². The van der Waals surface area contributed by atoms with Crippen LogP contribution in [0.3, 0.4) is 0 Å². The van der Waals surface area contributed by atoms with Crippen LogP contribution in [0.4, 0.5) is 0 Å². The Kier molecular flexibility index (Phi) is 3.49. The molecule has 0 bridgehead atoms. The smallest absolute Gasteiger partial charge is 0.307 e. The molecule has 0 fully saturated rings. The van der Waals surface area contributed by atoms with Crippen molar-refractivity contribution in [2.45, 2.75) is 12.3 Å². The lowest BCUT2D eigenvalue weighted by molar-refractivity contribution is -0.136. The van der Waals surface area contributed by atoms with E-state index in [4.69, 9.17) is 22.0 Å². The fourth-order valence-corrected chi connectivity index (χ4v) is 1.36. The van der Waals surface area contributed by atoms with Crippen LogP contribution in [0.15, 0.2) is 18.2 Å². The van der Waals surface area contributed by atoms with Crippen LogP contribution < -0.4 is 0 Å². The minimum absolute atomic E-state index is 0.0722. The van der Waals surface area contributed by atoms with Crippen molar-refractivity contribution >= 4 is 17.6 Å². The molecule has 0 saturated heterocycles. The quantitative estimate of drug-likeness (QED) is 0.774. The Morgan fingerprint density at radius 3 is 2.79 bits per heavy atom. The fourth-order valence-electron chi connectivity index (χ4n) is 1.13. The molecule has 0 heterocycles. The lowest BCUT2D eigenvalue weighted by Gasteiger charge is -2.01. The zero-order valence-electron chi connectivity index (χ0n) is 7.33. The zero-order valence-corrected chi connectivity index (χ0v) is 8.08. The SMILES string of the molecule is N#Cc1cc(CC(=O)O)ccc1CCl. The van der Waals surface area contributed by atoms with Crippen LogP contribution in [-0.4, -0.2) is 11.1 Å². The van der Waals surface area contributed by atoms with Crippen LogP contribution in [0.25, 0.3) is 0 Å². The number of nitriles is 1. The van der Waals surface area contributed by atoms with Crippen LogP contribution in [0, 0.1) is 11.3 Å². The van der Waals surface area contributed by atoms with Crippen LogP contribution in [0.1, 0.15) is 16.7 Å². The molecule has 0 aromatic heterocycles. The number of hydrogen-bond acceptors (Lipinski definition) is 2. The summed E-state index contributed by atoms with van der Waals surface area (Å²) in [6.07, 6.45) is -0.0722. The molecule has 1 aromatic carbocycles. The van der Waals surface area contributed by atoms with Crippen molar-refractivity contribution < 1.29 is 9.90 Å². The molecule has 0 saturated carbocycles. The summed E-state index contributed by atoms with van der Waals surface area (Å²) in [5.41, 5.74) is 1.78. The van der Waals surface area contributed by atoms with Gasteiger partial charge in [-0.2, -0.15) is 5.26 Å². The molecule has 0 spiro atoms. The van der Waals surface area contributed by atoms with E-state index in [0.717, 1.165) is 5.56 Å². The van der Waals surface area contributed by atoms with Crippen molar-refractivity contribution in [1.82, 2.24) is 0 Å². The number of carboxylic acids is 1. The first-order chi connectivity index (χ1) is 6.67. The first kappa shape index (κ1) is 10.6.